The van der Waals surface area contributed by atoms with Crippen LogP contribution in [0.1, 0.15) is 26.5 Å². The van der Waals surface area contributed by atoms with Crippen LogP contribution >= 0.6 is 0 Å². The van der Waals surface area contributed by atoms with Gasteiger partial charge in [0.15, 0.2) is 13.1 Å². The summed E-state index contributed by atoms with van der Waals surface area (Å²) in [6.07, 6.45) is 0. The van der Waals surface area contributed by atoms with Gasteiger partial charge in [0.1, 0.15) is 0 Å². The first-order valence-electron chi connectivity index (χ1n) is 6.12. The van der Waals surface area contributed by atoms with E-state index in [0.29, 0.717) is 5.88 Å². The number of aromatic nitrogens is 1. The normalized spacial score (nSPS) is 11.2. The molecule has 0 unspecified atom stereocenters. The van der Waals surface area contributed by atoms with Gasteiger partial charge < -0.3 is 15.2 Å². The molecule has 0 bridgehead atoms. The molecule has 0 aliphatic rings. The topological polar surface area (TPSA) is 101 Å². The van der Waals surface area contributed by atoms with Crippen molar-refractivity contribution >= 4 is 17.7 Å². The predicted molar refractivity (Wildman–Crippen MR) is 69.6 cm³/mol. The first kappa shape index (κ1) is 15.2. The minimum Gasteiger partial charge on any atom is -0.354 e. The van der Waals surface area contributed by atoms with E-state index >= 15 is 0 Å². The Kier molecular flexibility index (Phi) is 5.05. The van der Waals surface area contributed by atoms with Crippen LogP contribution in [0, 0.1) is 0 Å². The number of rotatable bonds is 5. The minimum atomic E-state index is -0.236. The van der Waals surface area contributed by atoms with E-state index in [0.717, 1.165) is 5.69 Å². The van der Waals surface area contributed by atoms with E-state index in [1.807, 2.05) is 20.8 Å². The molecule has 0 fully saturated rings. The summed E-state index contributed by atoms with van der Waals surface area (Å²) in [7, 11) is 1.55. The second-order valence-electron chi connectivity index (χ2n) is 5.24. The fourth-order valence-corrected chi connectivity index (χ4v) is 1.31. The van der Waals surface area contributed by atoms with Gasteiger partial charge in [0, 0.05) is 18.5 Å². The summed E-state index contributed by atoms with van der Waals surface area (Å²) in [5.41, 5.74) is 0.648. The maximum absolute atomic E-state index is 11.6. The van der Waals surface area contributed by atoms with Gasteiger partial charge in [-0.25, -0.2) is 0 Å². The van der Waals surface area contributed by atoms with Gasteiger partial charge in [-0.15, -0.1) is 0 Å². The quantitative estimate of drug-likeness (QED) is 0.652. The molecule has 1 heterocycles. The van der Waals surface area contributed by atoms with Crippen LogP contribution in [0.5, 0.6) is 0 Å². The Labute approximate surface area is 112 Å². The Morgan fingerprint density at radius 1 is 1.32 bits per heavy atom. The van der Waals surface area contributed by atoms with Gasteiger partial charge in [-0.2, -0.15) is 0 Å². The van der Waals surface area contributed by atoms with Gasteiger partial charge in [0.05, 0.1) is 5.69 Å². The van der Waals surface area contributed by atoms with Crippen molar-refractivity contribution in [1.29, 1.82) is 0 Å². The van der Waals surface area contributed by atoms with E-state index in [1.165, 1.54) is 0 Å². The van der Waals surface area contributed by atoms with Gasteiger partial charge in [-0.3, -0.25) is 14.9 Å². The highest BCUT2D eigenvalue weighted by Crippen LogP contribution is 2.23. The van der Waals surface area contributed by atoms with E-state index in [9.17, 15) is 9.59 Å². The third-order valence-corrected chi connectivity index (χ3v) is 2.48. The second kappa shape index (κ2) is 6.33. The predicted octanol–water partition coefficient (Wildman–Crippen LogP) is -0.780. The number of anilines is 1. The number of nitrogens with zero attached hydrogens (tertiary/aromatic N) is 1. The van der Waals surface area contributed by atoms with Crippen molar-refractivity contribution < 1.29 is 19.4 Å². The maximum atomic E-state index is 11.6. The average Bonchev–Trinajstić information content (AvgIpc) is 2.77. The number of carbonyl (C=O) groups is 2. The summed E-state index contributed by atoms with van der Waals surface area (Å²) in [5, 5.41) is 10.6. The number of hydrogen-bond donors (Lipinski definition) is 3. The molecule has 106 valence electrons. The Morgan fingerprint density at radius 3 is 2.47 bits per heavy atom. The van der Waals surface area contributed by atoms with Crippen LogP contribution in [0.3, 0.4) is 0 Å². The van der Waals surface area contributed by atoms with Crippen molar-refractivity contribution in [1.82, 2.24) is 10.5 Å². The zero-order valence-corrected chi connectivity index (χ0v) is 11.7. The molecule has 7 nitrogen and oxygen atoms in total. The number of likely N-dealkylation sites (N-methyl/N-ethyl adjacent to an activating group) is 1. The number of carbonyl (C=O) groups excluding carboxylic acids is 2. The number of amides is 2. The van der Waals surface area contributed by atoms with Gasteiger partial charge in [0.25, 0.3) is 11.8 Å². The molecule has 0 atom stereocenters. The molecular formula is C12H21N4O3+. The molecule has 0 aliphatic carbocycles. The lowest BCUT2D eigenvalue weighted by atomic mass is 9.92. The summed E-state index contributed by atoms with van der Waals surface area (Å²) in [5.74, 6) is -0.0359. The fourth-order valence-electron chi connectivity index (χ4n) is 1.31. The summed E-state index contributed by atoms with van der Waals surface area (Å²) >= 11 is 0. The Morgan fingerprint density at radius 2 is 1.95 bits per heavy atom. The standard InChI is InChI=1S/C12H20N4O3/c1-12(2,3)8-5-11(19-16-8)15-10(18)7-14-6-9(17)13-4/h5,14H,6-7H2,1-4H3,(H,13,17)(H,15,18)/p+1. The minimum absolute atomic E-state index is 0.123. The molecule has 0 saturated carbocycles. The fraction of sp³-hybridized carbons (Fsp3) is 0.583. The number of nitrogens with two attached hydrogens (primary N) is 1. The monoisotopic (exact) mass is 269 g/mol. The summed E-state index contributed by atoms with van der Waals surface area (Å²) < 4.78 is 5.04. The van der Waals surface area contributed by atoms with Crippen LogP contribution in [0.4, 0.5) is 5.88 Å². The van der Waals surface area contributed by atoms with E-state index in [-0.39, 0.29) is 30.3 Å². The highest BCUT2D eigenvalue weighted by atomic mass is 16.5. The van der Waals surface area contributed by atoms with Crippen molar-refractivity contribution in [3.63, 3.8) is 0 Å². The third-order valence-electron chi connectivity index (χ3n) is 2.48. The molecule has 7 heteroatoms. The zero-order valence-electron chi connectivity index (χ0n) is 11.7. The summed E-state index contributed by atoms with van der Waals surface area (Å²) in [4.78, 5) is 22.5. The molecule has 0 radical (unpaired) electrons. The highest BCUT2D eigenvalue weighted by Gasteiger charge is 2.19. The number of nitrogens with one attached hydrogen (secondary N) is 2. The van der Waals surface area contributed by atoms with E-state index in [2.05, 4.69) is 15.8 Å². The first-order valence-corrected chi connectivity index (χ1v) is 6.12. The van der Waals surface area contributed by atoms with Gasteiger partial charge in [-0.1, -0.05) is 25.9 Å². The van der Waals surface area contributed by atoms with E-state index in [1.54, 1.807) is 18.4 Å². The average molecular weight is 269 g/mol. The molecule has 0 aromatic carbocycles. The Bertz CT molecular complexity index is 448. The second-order valence-corrected chi connectivity index (χ2v) is 5.24. The summed E-state index contributed by atoms with van der Waals surface area (Å²) in [6, 6.07) is 1.71. The van der Waals surface area contributed by atoms with Crippen molar-refractivity contribution in [3.05, 3.63) is 11.8 Å². The van der Waals surface area contributed by atoms with E-state index < -0.39 is 0 Å². The van der Waals surface area contributed by atoms with Gasteiger partial charge in [0.2, 0.25) is 5.88 Å². The molecule has 2 amide bonds. The van der Waals surface area contributed by atoms with Crippen LogP contribution in [-0.2, 0) is 15.0 Å². The largest absolute Gasteiger partial charge is 0.354 e. The van der Waals surface area contributed by atoms with Crippen molar-refractivity contribution in [2.75, 3.05) is 25.5 Å². The number of hydrogen-bond acceptors (Lipinski definition) is 4. The molecule has 1 rings (SSSR count). The van der Waals surface area contributed by atoms with Crippen molar-refractivity contribution in [2.24, 2.45) is 0 Å². The Balaban J connectivity index is 2.40. The van der Waals surface area contributed by atoms with Gasteiger partial charge >= 0.3 is 0 Å². The molecule has 19 heavy (non-hydrogen) atoms. The van der Waals surface area contributed by atoms with E-state index in [4.69, 9.17) is 4.52 Å². The molecular weight excluding hydrogens is 248 g/mol. The molecule has 0 aliphatic heterocycles. The maximum Gasteiger partial charge on any atom is 0.281 e. The van der Waals surface area contributed by atoms with Crippen LogP contribution in [-0.4, -0.2) is 37.1 Å². The SMILES string of the molecule is CNC(=O)C[NH2+]CC(=O)Nc1cc(C(C)(C)C)no1. The van der Waals surface area contributed by atoms with Crippen LogP contribution in [0.2, 0.25) is 0 Å². The van der Waals surface area contributed by atoms with Crippen molar-refractivity contribution in [3.8, 4) is 0 Å². The molecule has 4 N–H and O–H groups in total. The first-order chi connectivity index (χ1) is 8.82. The van der Waals surface area contributed by atoms with Crippen LogP contribution < -0.4 is 16.0 Å². The van der Waals surface area contributed by atoms with Gasteiger partial charge in [-0.05, 0) is 0 Å². The molecule has 1 aromatic rings. The zero-order chi connectivity index (χ0) is 14.5. The number of quaternary nitrogens is 1. The van der Waals surface area contributed by atoms with Crippen LogP contribution in [0.25, 0.3) is 0 Å². The highest BCUT2D eigenvalue weighted by molar-refractivity contribution is 5.90. The lowest BCUT2D eigenvalue weighted by molar-refractivity contribution is -0.632. The molecule has 1 aromatic heterocycles. The van der Waals surface area contributed by atoms with Crippen molar-refractivity contribution in [2.45, 2.75) is 26.2 Å². The smallest absolute Gasteiger partial charge is 0.281 e. The van der Waals surface area contributed by atoms with Crippen LogP contribution in [0.15, 0.2) is 10.6 Å². The summed E-state index contributed by atoms with van der Waals surface area (Å²) in [6.45, 7) is 6.39. The Hall–Kier alpha value is -1.89. The lowest BCUT2D eigenvalue weighted by Crippen LogP contribution is -2.88. The molecule has 0 spiro atoms. The molecule has 0 saturated heterocycles. The third kappa shape index (κ3) is 5.09. The lowest BCUT2D eigenvalue weighted by Gasteiger charge is -2.12.